The summed E-state index contributed by atoms with van der Waals surface area (Å²) in [7, 11) is 0. The Morgan fingerprint density at radius 2 is 1.32 bits per heavy atom. The van der Waals surface area contributed by atoms with Crippen LogP contribution in [0.3, 0.4) is 0 Å². The highest BCUT2D eigenvalue weighted by molar-refractivity contribution is 5.87. The van der Waals surface area contributed by atoms with Crippen LogP contribution in [0.15, 0.2) is 91.0 Å². The molecule has 0 aliphatic heterocycles. The Kier molecular flexibility index (Phi) is 12.4. The first-order chi connectivity index (χ1) is 19.3. The van der Waals surface area contributed by atoms with E-state index in [0.717, 1.165) is 16.7 Å². The van der Waals surface area contributed by atoms with Crippen molar-refractivity contribution >= 4 is 17.8 Å². The molecule has 3 aromatic rings. The second kappa shape index (κ2) is 16.2. The third-order valence-corrected chi connectivity index (χ3v) is 6.68. The van der Waals surface area contributed by atoms with Gasteiger partial charge in [-0.25, -0.2) is 4.79 Å². The first-order valence-corrected chi connectivity index (χ1v) is 13.9. The molecule has 0 aliphatic carbocycles. The predicted molar refractivity (Wildman–Crippen MR) is 157 cm³/mol. The molecule has 0 aliphatic rings. The largest absolute Gasteiger partial charge is 0.459 e. The Balaban J connectivity index is 1.62. The summed E-state index contributed by atoms with van der Waals surface area (Å²) in [6, 6.07) is 27.2. The van der Waals surface area contributed by atoms with E-state index in [-0.39, 0.29) is 30.9 Å². The quantitative estimate of drug-likeness (QED) is 0.249. The minimum absolute atomic E-state index is 0.118. The van der Waals surface area contributed by atoms with Crippen molar-refractivity contribution in [3.05, 3.63) is 108 Å². The van der Waals surface area contributed by atoms with E-state index < -0.39 is 24.0 Å². The molecule has 40 heavy (non-hydrogen) atoms. The van der Waals surface area contributed by atoms with Crippen molar-refractivity contribution in [1.82, 2.24) is 10.6 Å². The molecule has 7 heteroatoms. The van der Waals surface area contributed by atoms with Crippen molar-refractivity contribution in [3.8, 4) is 0 Å². The lowest BCUT2D eigenvalue weighted by molar-refractivity contribution is -0.149. The number of rotatable bonds is 15. The number of aryl methyl sites for hydroxylation is 1. The zero-order chi connectivity index (χ0) is 28.7. The standard InChI is InChI=1S/C33H41N3O4/c1-24(2)20-28(22-35-32(38)29(34)19-18-25-12-6-3-7-13-25)31(37)36-30(21-26-14-8-4-9-15-26)33(39)40-23-27-16-10-5-11-17-27/h3-17,24,28-30H,18-23,34H2,1-2H3,(H,35,38)(H,36,37)/t28-,29-,30-/m0/s1. The Labute approximate surface area is 237 Å². The lowest BCUT2D eigenvalue weighted by Gasteiger charge is -2.24. The Bertz CT molecular complexity index is 1190. The molecule has 0 radical (unpaired) electrons. The molecule has 4 N–H and O–H groups in total. The highest BCUT2D eigenvalue weighted by Gasteiger charge is 2.28. The maximum Gasteiger partial charge on any atom is 0.329 e. The van der Waals surface area contributed by atoms with Crippen LogP contribution in [-0.4, -0.2) is 36.4 Å². The van der Waals surface area contributed by atoms with Crippen LogP contribution in [0.1, 0.15) is 43.4 Å². The molecule has 212 valence electrons. The molecule has 0 bridgehead atoms. The van der Waals surface area contributed by atoms with Gasteiger partial charge in [0.05, 0.1) is 12.0 Å². The lowest BCUT2D eigenvalue weighted by atomic mass is 9.95. The van der Waals surface area contributed by atoms with Crippen LogP contribution in [-0.2, 0) is 38.6 Å². The van der Waals surface area contributed by atoms with E-state index in [1.54, 1.807) is 0 Å². The summed E-state index contributed by atoms with van der Waals surface area (Å²) in [5.74, 6) is -1.41. The number of carbonyl (C=O) groups excluding carboxylic acids is 3. The molecule has 0 aromatic heterocycles. The van der Waals surface area contributed by atoms with Crippen LogP contribution in [0.25, 0.3) is 0 Å². The molecule has 0 saturated heterocycles. The van der Waals surface area contributed by atoms with Crippen molar-refractivity contribution in [2.45, 2.75) is 58.2 Å². The first kappa shape index (κ1) is 30.6. The van der Waals surface area contributed by atoms with Gasteiger partial charge in [-0.3, -0.25) is 9.59 Å². The summed E-state index contributed by atoms with van der Waals surface area (Å²) >= 11 is 0. The fourth-order valence-electron chi connectivity index (χ4n) is 4.47. The predicted octanol–water partition coefficient (Wildman–Crippen LogP) is 4.20. The monoisotopic (exact) mass is 543 g/mol. The number of hydrogen-bond donors (Lipinski definition) is 3. The van der Waals surface area contributed by atoms with Crippen LogP contribution in [0.5, 0.6) is 0 Å². The van der Waals surface area contributed by atoms with Crippen LogP contribution in [0.4, 0.5) is 0 Å². The smallest absolute Gasteiger partial charge is 0.329 e. The molecule has 3 atom stereocenters. The molecule has 7 nitrogen and oxygen atoms in total. The average molecular weight is 544 g/mol. The van der Waals surface area contributed by atoms with E-state index in [2.05, 4.69) is 10.6 Å². The topological polar surface area (TPSA) is 111 Å². The molecule has 3 aromatic carbocycles. The minimum atomic E-state index is -0.864. The highest BCUT2D eigenvalue weighted by atomic mass is 16.5. The lowest BCUT2D eigenvalue weighted by Crippen LogP contribution is -2.49. The first-order valence-electron chi connectivity index (χ1n) is 13.9. The molecule has 0 heterocycles. The van der Waals surface area contributed by atoms with Gasteiger partial charge in [0.1, 0.15) is 12.6 Å². The number of ether oxygens (including phenoxy) is 1. The van der Waals surface area contributed by atoms with Gasteiger partial charge in [0.2, 0.25) is 11.8 Å². The normalized spacial score (nSPS) is 13.2. The van der Waals surface area contributed by atoms with E-state index >= 15 is 0 Å². The number of esters is 1. The second-order valence-corrected chi connectivity index (χ2v) is 10.5. The van der Waals surface area contributed by atoms with E-state index in [0.29, 0.717) is 25.7 Å². The summed E-state index contributed by atoms with van der Waals surface area (Å²) < 4.78 is 5.58. The highest BCUT2D eigenvalue weighted by Crippen LogP contribution is 2.14. The third-order valence-electron chi connectivity index (χ3n) is 6.68. The fraction of sp³-hybridized carbons (Fsp3) is 0.364. The van der Waals surface area contributed by atoms with E-state index in [1.807, 2.05) is 105 Å². The van der Waals surface area contributed by atoms with E-state index in [1.165, 1.54) is 0 Å². The van der Waals surface area contributed by atoms with Crippen molar-refractivity contribution < 1.29 is 19.1 Å². The van der Waals surface area contributed by atoms with Crippen molar-refractivity contribution in [1.29, 1.82) is 0 Å². The van der Waals surface area contributed by atoms with Crippen LogP contribution < -0.4 is 16.4 Å². The van der Waals surface area contributed by atoms with Gasteiger partial charge in [-0.05, 0) is 41.9 Å². The molecule has 0 fully saturated rings. The zero-order valence-electron chi connectivity index (χ0n) is 23.4. The number of hydrogen-bond acceptors (Lipinski definition) is 5. The van der Waals surface area contributed by atoms with E-state index in [9.17, 15) is 14.4 Å². The Morgan fingerprint density at radius 1 is 0.775 bits per heavy atom. The minimum Gasteiger partial charge on any atom is -0.459 e. The summed E-state index contributed by atoms with van der Waals surface area (Å²) in [4.78, 5) is 39.3. The molecular formula is C33H41N3O4. The van der Waals surface area contributed by atoms with Crippen LogP contribution in [0, 0.1) is 11.8 Å². The second-order valence-electron chi connectivity index (χ2n) is 10.5. The molecule has 0 saturated carbocycles. The maximum absolute atomic E-state index is 13.4. The number of amides is 2. The van der Waals surface area contributed by atoms with Gasteiger partial charge in [-0.2, -0.15) is 0 Å². The molecule has 2 amide bonds. The van der Waals surface area contributed by atoms with Crippen LogP contribution >= 0.6 is 0 Å². The van der Waals surface area contributed by atoms with Gasteiger partial charge in [-0.1, -0.05) is 105 Å². The fourth-order valence-corrected chi connectivity index (χ4v) is 4.47. The number of benzene rings is 3. The molecular weight excluding hydrogens is 502 g/mol. The van der Waals surface area contributed by atoms with Gasteiger partial charge in [0.25, 0.3) is 0 Å². The third kappa shape index (κ3) is 10.7. The van der Waals surface area contributed by atoms with Crippen molar-refractivity contribution in [3.63, 3.8) is 0 Å². The molecule has 0 spiro atoms. The van der Waals surface area contributed by atoms with Gasteiger partial charge < -0.3 is 21.1 Å². The molecule has 3 rings (SSSR count). The van der Waals surface area contributed by atoms with Crippen LogP contribution in [0.2, 0.25) is 0 Å². The van der Waals surface area contributed by atoms with Gasteiger partial charge in [-0.15, -0.1) is 0 Å². The number of nitrogens with two attached hydrogens (primary N) is 1. The number of nitrogens with one attached hydrogen (secondary N) is 2. The van der Waals surface area contributed by atoms with Gasteiger partial charge in [0.15, 0.2) is 0 Å². The summed E-state index contributed by atoms with van der Waals surface area (Å²) in [5, 5.41) is 5.77. The van der Waals surface area contributed by atoms with Crippen molar-refractivity contribution in [2.75, 3.05) is 6.54 Å². The SMILES string of the molecule is CC(C)C[C@@H](CNC(=O)[C@@H](N)CCc1ccccc1)C(=O)N[C@@H](Cc1ccccc1)C(=O)OCc1ccccc1. The Morgan fingerprint density at radius 3 is 1.90 bits per heavy atom. The summed E-state index contributed by atoms with van der Waals surface area (Å²) in [6.45, 7) is 4.29. The maximum atomic E-state index is 13.4. The van der Waals surface area contributed by atoms with Gasteiger partial charge >= 0.3 is 5.97 Å². The molecule has 0 unspecified atom stereocenters. The Hall–Kier alpha value is -3.97. The zero-order valence-corrected chi connectivity index (χ0v) is 23.4. The number of carbonyl (C=O) groups is 3. The van der Waals surface area contributed by atoms with Crippen molar-refractivity contribution in [2.24, 2.45) is 17.6 Å². The van der Waals surface area contributed by atoms with E-state index in [4.69, 9.17) is 10.5 Å². The summed E-state index contributed by atoms with van der Waals surface area (Å²) in [6.07, 6.45) is 2.04. The van der Waals surface area contributed by atoms with Gasteiger partial charge in [0, 0.05) is 13.0 Å². The summed E-state index contributed by atoms with van der Waals surface area (Å²) in [5.41, 5.74) is 9.03. The average Bonchev–Trinajstić information content (AvgIpc) is 2.97.